The molecule has 5 nitrogen and oxygen atoms in total. The first-order valence-corrected chi connectivity index (χ1v) is 8.97. The Hall–Kier alpha value is -2.25. The molecule has 0 radical (unpaired) electrons. The minimum Gasteiger partial charge on any atom is -0.497 e. The van der Waals surface area contributed by atoms with Crippen molar-refractivity contribution in [2.24, 2.45) is 4.99 Å². The lowest BCUT2D eigenvalue weighted by Gasteiger charge is -2.07. The molecule has 1 heterocycles. The van der Waals surface area contributed by atoms with Crippen molar-refractivity contribution in [1.82, 2.24) is 5.32 Å². The summed E-state index contributed by atoms with van der Waals surface area (Å²) in [6.45, 7) is 0. The summed E-state index contributed by atoms with van der Waals surface area (Å²) < 4.78 is 11.5. The molecule has 0 bridgehead atoms. The van der Waals surface area contributed by atoms with Gasteiger partial charge in [0.1, 0.15) is 11.5 Å². The van der Waals surface area contributed by atoms with Crippen molar-refractivity contribution in [2.45, 2.75) is 0 Å². The molecule has 0 atom stereocenters. The number of hydrogen-bond acceptors (Lipinski definition) is 5. The van der Waals surface area contributed by atoms with Crippen molar-refractivity contribution >= 4 is 50.5 Å². The molecular weight excluding hydrogens is 404 g/mol. The number of benzene rings is 2. The van der Waals surface area contributed by atoms with Crippen LogP contribution in [-0.4, -0.2) is 25.3 Å². The third kappa shape index (κ3) is 4.24. The number of aliphatic imine (C=N–C) groups is 1. The van der Waals surface area contributed by atoms with Gasteiger partial charge in [-0.3, -0.25) is 4.79 Å². The van der Waals surface area contributed by atoms with Crippen LogP contribution in [0.15, 0.2) is 56.8 Å². The molecule has 3 rings (SSSR count). The molecule has 0 aliphatic carbocycles. The molecule has 1 fully saturated rings. The van der Waals surface area contributed by atoms with Gasteiger partial charge in [-0.1, -0.05) is 15.9 Å². The van der Waals surface area contributed by atoms with Crippen molar-refractivity contribution in [2.75, 3.05) is 14.2 Å². The molecule has 1 N–H and O–H groups in total. The standard InChI is InChI=1S/C18H15BrN2O3S/c1-23-14-8-3-11(15(10-14)24-2)9-16-17(22)21-18(25-16)20-13-6-4-12(19)5-7-13/h3-10H,1-2H3,(H,20,21,22). The number of hydrogen-bond donors (Lipinski definition) is 1. The van der Waals surface area contributed by atoms with E-state index in [2.05, 4.69) is 26.2 Å². The Kier molecular flexibility index (Phi) is 5.45. The van der Waals surface area contributed by atoms with Crippen molar-refractivity contribution in [3.63, 3.8) is 0 Å². The quantitative estimate of drug-likeness (QED) is 0.749. The summed E-state index contributed by atoms with van der Waals surface area (Å²) >= 11 is 4.68. The van der Waals surface area contributed by atoms with E-state index in [1.807, 2.05) is 36.4 Å². The van der Waals surface area contributed by atoms with Crippen LogP contribution < -0.4 is 14.8 Å². The molecule has 1 aliphatic heterocycles. The van der Waals surface area contributed by atoms with E-state index in [4.69, 9.17) is 9.47 Å². The third-order valence-electron chi connectivity index (χ3n) is 3.44. The van der Waals surface area contributed by atoms with Gasteiger partial charge in [0, 0.05) is 16.1 Å². The number of nitrogens with zero attached hydrogens (tertiary/aromatic N) is 1. The van der Waals surface area contributed by atoms with Gasteiger partial charge in [0.25, 0.3) is 5.91 Å². The Morgan fingerprint density at radius 2 is 1.88 bits per heavy atom. The highest BCUT2D eigenvalue weighted by molar-refractivity contribution is 9.10. The van der Waals surface area contributed by atoms with Crippen LogP contribution in [-0.2, 0) is 4.79 Å². The summed E-state index contributed by atoms with van der Waals surface area (Å²) in [7, 11) is 3.18. The van der Waals surface area contributed by atoms with E-state index in [9.17, 15) is 4.79 Å². The van der Waals surface area contributed by atoms with Crippen LogP contribution in [0.2, 0.25) is 0 Å². The lowest BCUT2D eigenvalue weighted by Crippen LogP contribution is -2.19. The Balaban J connectivity index is 1.85. The average Bonchev–Trinajstić information content (AvgIpc) is 2.96. The predicted molar refractivity (Wildman–Crippen MR) is 104 cm³/mol. The van der Waals surface area contributed by atoms with Gasteiger partial charge in [0.15, 0.2) is 5.17 Å². The SMILES string of the molecule is COc1ccc(C=C2SC(=Nc3ccc(Br)cc3)NC2=O)c(OC)c1. The molecular formula is C18H15BrN2O3S. The fourth-order valence-corrected chi connectivity index (χ4v) is 3.29. The number of thioether (sulfide) groups is 1. The first kappa shape index (κ1) is 17.6. The zero-order valence-electron chi connectivity index (χ0n) is 13.6. The van der Waals surface area contributed by atoms with Crippen molar-refractivity contribution in [3.05, 3.63) is 57.4 Å². The van der Waals surface area contributed by atoms with E-state index in [-0.39, 0.29) is 5.91 Å². The molecule has 25 heavy (non-hydrogen) atoms. The van der Waals surface area contributed by atoms with E-state index in [1.54, 1.807) is 26.4 Å². The maximum Gasteiger partial charge on any atom is 0.264 e. The number of nitrogens with one attached hydrogen (secondary N) is 1. The molecule has 7 heteroatoms. The highest BCUT2D eigenvalue weighted by Gasteiger charge is 2.24. The van der Waals surface area contributed by atoms with E-state index in [0.29, 0.717) is 21.6 Å². The van der Waals surface area contributed by atoms with Gasteiger partial charge in [-0.25, -0.2) is 4.99 Å². The van der Waals surface area contributed by atoms with Gasteiger partial charge in [-0.15, -0.1) is 0 Å². The van der Waals surface area contributed by atoms with Crippen LogP contribution >= 0.6 is 27.7 Å². The van der Waals surface area contributed by atoms with Crippen LogP contribution in [0.1, 0.15) is 5.56 Å². The predicted octanol–water partition coefficient (Wildman–Crippen LogP) is 4.36. The van der Waals surface area contributed by atoms with Crippen LogP contribution in [0.3, 0.4) is 0 Å². The number of amides is 1. The van der Waals surface area contributed by atoms with Gasteiger partial charge < -0.3 is 14.8 Å². The normalized spacial score (nSPS) is 17.0. The molecule has 128 valence electrons. The zero-order valence-corrected chi connectivity index (χ0v) is 16.0. The fourth-order valence-electron chi connectivity index (χ4n) is 2.19. The van der Waals surface area contributed by atoms with E-state index < -0.39 is 0 Å². The van der Waals surface area contributed by atoms with Gasteiger partial charge >= 0.3 is 0 Å². The fraction of sp³-hybridized carbons (Fsp3) is 0.111. The lowest BCUT2D eigenvalue weighted by molar-refractivity contribution is -0.115. The van der Waals surface area contributed by atoms with Crippen molar-refractivity contribution in [3.8, 4) is 11.5 Å². The number of ether oxygens (including phenoxy) is 2. The first-order valence-electron chi connectivity index (χ1n) is 7.36. The summed E-state index contributed by atoms with van der Waals surface area (Å²) in [5.41, 5.74) is 1.57. The van der Waals surface area contributed by atoms with Gasteiger partial charge in [0.05, 0.1) is 24.8 Å². The highest BCUT2D eigenvalue weighted by Crippen LogP contribution is 2.32. The largest absolute Gasteiger partial charge is 0.497 e. The average molecular weight is 419 g/mol. The third-order valence-corrected chi connectivity index (χ3v) is 4.87. The molecule has 2 aromatic rings. The smallest absolute Gasteiger partial charge is 0.264 e. The zero-order chi connectivity index (χ0) is 17.8. The number of halogens is 1. The second-order valence-electron chi connectivity index (χ2n) is 5.07. The van der Waals surface area contributed by atoms with Crippen LogP contribution in [0.4, 0.5) is 5.69 Å². The Morgan fingerprint density at radius 3 is 2.56 bits per heavy atom. The molecule has 1 saturated heterocycles. The van der Waals surface area contributed by atoms with Crippen LogP contribution in [0, 0.1) is 0 Å². The summed E-state index contributed by atoms with van der Waals surface area (Å²) in [6.07, 6.45) is 1.78. The first-order chi connectivity index (χ1) is 12.1. The molecule has 0 aromatic heterocycles. The van der Waals surface area contributed by atoms with E-state index >= 15 is 0 Å². The Bertz CT molecular complexity index is 863. The minimum absolute atomic E-state index is 0.182. The second-order valence-corrected chi connectivity index (χ2v) is 7.01. The number of methoxy groups -OCH3 is 2. The topological polar surface area (TPSA) is 59.9 Å². The summed E-state index contributed by atoms with van der Waals surface area (Å²) in [5, 5.41) is 3.32. The maximum atomic E-state index is 12.2. The summed E-state index contributed by atoms with van der Waals surface area (Å²) in [6, 6.07) is 13.0. The summed E-state index contributed by atoms with van der Waals surface area (Å²) in [5.74, 6) is 1.15. The molecule has 0 unspecified atom stereocenters. The lowest BCUT2D eigenvalue weighted by atomic mass is 10.1. The van der Waals surface area contributed by atoms with Gasteiger partial charge in [0.2, 0.25) is 0 Å². The van der Waals surface area contributed by atoms with E-state index in [0.717, 1.165) is 15.7 Å². The number of rotatable bonds is 4. The highest BCUT2D eigenvalue weighted by atomic mass is 79.9. The van der Waals surface area contributed by atoms with Crippen LogP contribution in [0.25, 0.3) is 6.08 Å². The monoisotopic (exact) mass is 418 g/mol. The molecule has 2 aromatic carbocycles. The Morgan fingerprint density at radius 1 is 1.12 bits per heavy atom. The Labute approximate surface area is 158 Å². The minimum atomic E-state index is -0.182. The van der Waals surface area contributed by atoms with Gasteiger partial charge in [-0.05, 0) is 54.2 Å². The molecule has 0 saturated carbocycles. The molecule has 1 aliphatic rings. The maximum absolute atomic E-state index is 12.2. The van der Waals surface area contributed by atoms with Crippen molar-refractivity contribution in [1.29, 1.82) is 0 Å². The molecule has 1 amide bonds. The van der Waals surface area contributed by atoms with Gasteiger partial charge in [-0.2, -0.15) is 0 Å². The van der Waals surface area contributed by atoms with Crippen LogP contribution in [0.5, 0.6) is 11.5 Å². The number of amidine groups is 1. The summed E-state index contributed by atoms with van der Waals surface area (Å²) in [4.78, 5) is 17.2. The van der Waals surface area contributed by atoms with E-state index in [1.165, 1.54) is 11.8 Å². The number of carbonyl (C=O) groups is 1. The number of carbonyl (C=O) groups excluding carboxylic acids is 1. The van der Waals surface area contributed by atoms with Crippen molar-refractivity contribution < 1.29 is 14.3 Å². The molecule has 0 spiro atoms. The second kappa shape index (κ2) is 7.76.